The topological polar surface area (TPSA) is 116 Å². The molecule has 8 nitrogen and oxygen atoms in total. The predicted octanol–water partition coefficient (Wildman–Crippen LogP) is 3.77. The molecule has 9 heteroatoms. The van der Waals surface area contributed by atoms with Gasteiger partial charge in [0.05, 0.1) is 12.5 Å². The van der Waals surface area contributed by atoms with Crippen LogP contribution in [0.25, 0.3) is 10.4 Å². The third-order valence-corrected chi connectivity index (χ3v) is 11.4. The van der Waals surface area contributed by atoms with Gasteiger partial charge in [0.1, 0.15) is 12.6 Å². The summed E-state index contributed by atoms with van der Waals surface area (Å²) in [5.41, 5.74) is 9.67. The Labute approximate surface area is 172 Å². The second kappa shape index (κ2) is 8.98. The van der Waals surface area contributed by atoms with Crippen molar-refractivity contribution in [3.8, 4) is 0 Å². The van der Waals surface area contributed by atoms with Gasteiger partial charge in [0, 0.05) is 11.0 Å². The number of rotatable bonds is 8. The lowest BCUT2D eigenvalue weighted by molar-refractivity contribution is -0.148. The van der Waals surface area contributed by atoms with Crippen molar-refractivity contribution in [1.82, 2.24) is 4.57 Å². The van der Waals surface area contributed by atoms with Crippen LogP contribution >= 0.6 is 0 Å². The monoisotopic (exact) mass is 418 g/mol. The SMILES string of the molecule is CC(C)(C)[Si](C)(C)N1C(=O)C(N=[N+]=[N-])C1CC(O)CC(=O)OCc1ccccc1. The van der Waals surface area contributed by atoms with E-state index in [1.54, 1.807) is 0 Å². The van der Waals surface area contributed by atoms with E-state index in [4.69, 9.17) is 10.3 Å². The number of esters is 1. The van der Waals surface area contributed by atoms with Gasteiger partial charge in [-0.3, -0.25) is 9.59 Å². The number of aliphatic hydroxyl groups excluding tert-OH is 1. The van der Waals surface area contributed by atoms with Gasteiger partial charge in [-0.05, 0) is 22.6 Å². The number of azide groups is 1. The highest BCUT2D eigenvalue weighted by Crippen LogP contribution is 2.44. The lowest BCUT2D eigenvalue weighted by Gasteiger charge is -2.57. The standard InChI is InChI=1S/C20H30N4O4Si/c1-20(2,3)29(4,5)24-16(18(19(24)27)22-23-21)11-15(25)12-17(26)28-13-14-9-7-6-8-10-14/h6-10,15-16,18,25H,11-13H2,1-5H3. The molecule has 1 saturated heterocycles. The highest BCUT2D eigenvalue weighted by atomic mass is 28.3. The zero-order valence-electron chi connectivity index (χ0n) is 17.7. The van der Waals surface area contributed by atoms with Crippen LogP contribution in [0, 0.1) is 0 Å². The molecular weight excluding hydrogens is 388 g/mol. The van der Waals surface area contributed by atoms with E-state index in [1.807, 2.05) is 34.9 Å². The molecule has 0 aromatic heterocycles. The third kappa shape index (κ3) is 5.17. The summed E-state index contributed by atoms with van der Waals surface area (Å²) in [5.74, 6) is -0.704. The predicted molar refractivity (Wildman–Crippen MR) is 112 cm³/mol. The van der Waals surface area contributed by atoms with Crippen LogP contribution in [-0.4, -0.2) is 48.0 Å². The Morgan fingerprint density at radius 1 is 1.34 bits per heavy atom. The minimum atomic E-state index is -2.21. The molecule has 0 bridgehead atoms. The average molecular weight is 419 g/mol. The van der Waals surface area contributed by atoms with Crippen LogP contribution in [0.5, 0.6) is 0 Å². The molecule has 1 N–H and O–H groups in total. The zero-order valence-corrected chi connectivity index (χ0v) is 18.7. The number of hydrogen-bond acceptors (Lipinski definition) is 5. The fraction of sp³-hybridized carbons (Fsp3) is 0.600. The van der Waals surface area contributed by atoms with E-state index < -0.39 is 32.4 Å². The number of carbonyl (C=O) groups is 2. The molecule has 1 aromatic rings. The summed E-state index contributed by atoms with van der Waals surface area (Å²) in [5, 5.41) is 14.0. The highest BCUT2D eigenvalue weighted by molar-refractivity contribution is 6.80. The summed E-state index contributed by atoms with van der Waals surface area (Å²) < 4.78 is 7.03. The van der Waals surface area contributed by atoms with E-state index in [-0.39, 0.29) is 30.4 Å². The van der Waals surface area contributed by atoms with E-state index in [9.17, 15) is 14.7 Å². The number of ether oxygens (including phenoxy) is 1. The molecule has 1 aliphatic heterocycles. The number of benzene rings is 1. The molecule has 1 heterocycles. The van der Waals surface area contributed by atoms with E-state index >= 15 is 0 Å². The van der Waals surface area contributed by atoms with Crippen LogP contribution in [-0.2, 0) is 20.9 Å². The van der Waals surface area contributed by atoms with E-state index in [2.05, 4.69) is 43.9 Å². The van der Waals surface area contributed by atoms with Gasteiger partial charge in [0.2, 0.25) is 5.91 Å². The van der Waals surface area contributed by atoms with Crippen LogP contribution in [0.1, 0.15) is 39.2 Å². The first-order chi connectivity index (χ1) is 13.5. The van der Waals surface area contributed by atoms with E-state index in [1.165, 1.54) is 0 Å². The molecule has 3 unspecified atom stereocenters. The van der Waals surface area contributed by atoms with Gasteiger partial charge in [-0.15, -0.1) is 0 Å². The van der Waals surface area contributed by atoms with Crippen molar-refractivity contribution < 1.29 is 19.4 Å². The maximum absolute atomic E-state index is 12.6. The van der Waals surface area contributed by atoms with Gasteiger partial charge in [-0.1, -0.05) is 69.3 Å². The number of nitrogens with zero attached hydrogens (tertiary/aromatic N) is 4. The fourth-order valence-electron chi connectivity index (χ4n) is 3.35. The Hall–Kier alpha value is -2.35. The molecular formula is C20H30N4O4Si. The Balaban J connectivity index is 2.01. The smallest absolute Gasteiger partial charge is 0.308 e. The first kappa shape index (κ1) is 22.9. The third-order valence-electron chi connectivity index (χ3n) is 5.96. The minimum absolute atomic E-state index is 0.0954. The van der Waals surface area contributed by atoms with Gasteiger partial charge in [-0.2, -0.15) is 0 Å². The molecule has 1 fully saturated rings. The maximum Gasteiger partial charge on any atom is 0.308 e. The summed E-state index contributed by atoms with van der Waals surface area (Å²) >= 11 is 0. The minimum Gasteiger partial charge on any atom is -0.461 e. The van der Waals surface area contributed by atoms with Crippen LogP contribution in [0.4, 0.5) is 0 Å². The first-order valence-corrected chi connectivity index (χ1v) is 12.7. The average Bonchev–Trinajstić information content (AvgIpc) is 2.63. The second-order valence-electron chi connectivity index (χ2n) is 8.97. The van der Waals surface area contributed by atoms with Gasteiger partial charge in [-0.25, -0.2) is 0 Å². The van der Waals surface area contributed by atoms with Crippen molar-refractivity contribution in [2.45, 2.75) is 76.5 Å². The van der Waals surface area contributed by atoms with Gasteiger partial charge >= 0.3 is 5.97 Å². The first-order valence-electron chi connectivity index (χ1n) is 9.74. The van der Waals surface area contributed by atoms with Crippen molar-refractivity contribution in [3.63, 3.8) is 0 Å². The van der Waals surface area contributed by atoms with Crippen LogP contribution in [0.3, 0.4) is 0 Å². The number of aliphatic hydroxyl groups is 1. The number of hydrogen-bond donors (Lipinski definition) is 1. The molecule has 0 spiro atoms. The van der Waals surface area contributed by atoms with E-state index in [0.717, 1.165) is 5.56 Å². The number of carbonyl (C=O) groups excluding carboxylic acids is 2. The molecule has 2 rings (SSSR count). The van der Waals surface area contributed by atoms with Crippen molar-refractivity contribution >= 4 is 20.1 Å². The lowest BCUT2D eigenvalue weighted by Crippen LogP contribution is -2.75. The van der Waals surface area contributed by atoms with Crippen molar-refractivity contribution in [2.75, 3.05) is 0 Å². The summed E-state index contributed by atoms with van der Waals surface area (Å²) in [7, 11) is -2.21. The van der Waals surface area contributed by atoms with Gasteiger partial charge in [0.15, 0.2) is 8.24 Å². The van der Waals surface area contributed by atoms with Gasteiger partial charge in [0.25, 0.3) is 0 Å². The lowest BCUT2D eigenvalue weighted by atomic mass is 9.93. The number of amides is 1. The molecule has 0 radical (unpaired) electrons. The van der Waals surface area contributed by atoms with Crippen LogP contribution < -0.4 is 0 Å². The normalized spacial score (nSPS) is 20.5. The molecule has 29 heavy (non-hydrogen) atoms. The maximum atomic E-state index is 12.6. The fourth-order valence-corrected chi connectivity index (χ4v) is 5.83. The van der Waals surface area contributed by atoms with Crippen molar-refractivity contribution in [3.05, 3.63) is 46.3 Å². The molecule has 1 aliphatic rings. The summed E-state index contributed by atoms with van der Waals surface area (Å²) in [6, 6.07) is 8.06. The molecule has 0 aliphatic carbocycles. The largest absolute Gasteiger partial charge is 0.461 e. The summed E-state index contributed by atoms with van der Waals surface area (Å²) in [6.07, 6.45) is -0.992. The highest BCUT2D eigenvalue weighted by Gasteiger charge is 2.57. The molecule has 0 saturated carbocycles. The van der Waals surface area contributed by atoms with E-state index in [0.29, 0.717) is 0 Å². The van der Waals surface area contributed by atoms with Crippen molar-refractivity contribution in [1.29, 1.82) is 0 Å². The number of β-lactam (4-membered cyclic amide) rings is 1. The molecule has 3 atom stereocenters. The second-order valence-corrected chi connectivity index (χ2v) is 14.1. The van der Waals surface area contributed by atoms with Gasteiger partial charge < -0.3 is 14.4 Å². The quantitative estimate of drug-likeness (QED) is 0.173. The molecule has 158 valence electrons. The Morgan fingerprint density at radius 3 is 2.52 bits per heavy atom. The Kier molecular flexibility index (Phi) is 7.10. The zero-order chi connectivity index (χ0) is 21.8. The van der Waals surface area contributed by atoms with Crippen LogP contribution in [0.15, 0.2) is 35.4 Å². The Morgan fingerprint density at radius 2 is 1.97 bits per heavy atom. The Bertz CT molecular complexity index is 787. The molecule has 1 amide bonds. The van der Waals surface area contributed by atoms with Crippen LogP contribution in [0.2, 0.25) is 18.1 Å². The molecule has 1 aromatic carbocycles. The summed E-state index contributed by atoms with van der Waals surface area (Å²) in [4.78, 5) is 27.5. The summed E-state index contributed by atoms with van der Waals surface area (Å²) in [6.45, 7) is 10.6. The van der Waals surface area contributed by atoms with Crippen molar-refractivity contribution in [2.24, 2.45) is 5.11 Å².